The predicted molar refractivity (Wildman–Crippen MR) is 73.0 cm³/mol. The molecule has 0 amide bonds. The Morgan fingerprint density at radius 3 is 3.00 bits per heavy atom. The lowest BCUT2D eigenvalue weighted by atomic mass is 10.2. The first kappa shape index (κ1) is 11.4. The van der Waals surface area contributed by atoms with Crippen LogP contribution in [0.4, 0.5) is 5.69 Å². The fourth-order valence-electron chi connectivity index (χ4n) is 1.47. The number of hydrogen-bond donors (Lipinski definition) is 1. The minimum atomic E-state index is 0.386. The molecule has 0 bridgehead atoms. The first-order valence-electron chi connectivity index (χ1n) is 5.02. The number of hydrogen-bond acceptors (Lipinski definition) is 6. The third-order valence-electron chi connectivity index (χ3n) is 2.33. The SMILES string of the molecule is Nc1ccc(Br)cc1-c1nc(-c2cscn2)no1. The summed E-state index contributed by atoms with van der Waals surface area (Å²) in [5, 5.41) is 5.75. The maximum atomic E-state index is 5.89. The van der Waals surface area contributed by atoms with Gasteiger partial charge in [-0.05, 0) is 18.2 Å². The van der Waals surface area contributed by atoms with Crippen molar-refractivity contribution in [1.82, 2.24) is 15.1 Å². The van der Waals surface area contributed by atoms with Gasteiger partial charge < -0.3 is 10.3 Å². The topological polar surface area (TPSA) is 77.8 Å². The molecule has 2 heterocycles. The van der Waals surface area contributed by atoms with Gasteiger partial charge in [-0.25, -0.2) is 4.98 Å². The Balaban J connectivity index is 2.05. The Labute approximate surface area is 115 Å². The summed E-state index contributed by atoms with van der Waals surface area (Å²) in [5.41, 5.74) is 9.60. The molecule has 0 atom stereocenters. The molecule has 5 nitrogen and oxygen atoms in total. The van der Waals surface area contributed by atoms with Crippen LogP contribution >= 0.6 is 27.3 Å². The highest BCUT2D eigenvalue weighted by Gasteiger charge is 2.14. The van der Waals surface area contributed by atoms with Gasteiger partial charge in [0.05, 0.1) is 11.1 Å². The summed E-state index contributed by atoms with van der Waals surface area (Å²) >= 11 is 4.86. The molecule has 2 aromatic heterocycles. The van der Waals surface area contributed by atoms with E-state index in [1.165, 1.54) is 11.3 Å². The van der Waals surface area contributed by atoms with E-state index >= 15 is 0 Å². The Morgan fingerprint density at radius 1 is 1.33 bits per heavy atom. The molecule has 0 aliphatic carbocycles. The molecule has 1 aromatic carbocycles. The molecule has 0 spiro atoms. The van der Waals surface area contributed by atoms with Crippen molar-refractivity contribution in [2.75, 3.05) is 5.73 Å². The molecule has 90 valence electrons. The highest BCUT2D eigenvalue weighted by molar-refractivity contribution is 9.10. The molecule has 3 rings (SSSR count). The zero-order chi connectivity index (χ0) is 12.5. The standard InChI is InChI=1S/C11H7BrN4OS/c12-6-1-2-8(13)7(3-6)11-15-10(16-17-11)9-4-18-5-14-9/h1-5H,13H2. The lowest BCUT2D eigenvalue weighted by Gasteiger charge is -2.00. The van der Waals surface area contributed by atoms with Crippen LogP contribution in [0, 0.1) is 0 Å². The zero-order valence-electron chi connectivity index (χ0n) is 9.00. The number of benzene rings is 1. The van der Waals surface area contributed by atoms with E-state index < -0.39 is 0 Å². The van der Waals surface area contributed by atoms with Gasteiger partial charge in [-0.1, -0.05) is 21.1 Å². The number of anilines is 1. The second-order valence-electron chi connectivity index (χ2n) is 3.53. The average Bonchev–Trinajstić information content (AvgIpc) is 3.00. The third-order valence-corrected chi connectivity index (χ3v) is 3.41. The largest absolute Gasteiger partial charge is 0.398 e. The summed E-state index contributed by atoms with van der Waals surface area (Å²) in [7, 11) is 0. The molecule has 0 aliphatic rings. The van der Waals surface area contributed by atoms with Crippen LogP contribution in [-0.2, 0) is 0 Å². The van der Waals surface area contributed by atoms with E-state index in [0.717, 1.165) is 4.47 Å². The summed E-state index contributed by atoms with van der Waals surface area (Å²) in [6.07, 6.45) is 0. The first-order chi connectivity index (χ1) is 8.74. The molecule has 0 unspecified atom stereocenters. The van der Waals surface area contributed by atoms with E-state index in [9.17, 15) is 0 Å². The Kier molecular flexibility index (Phi) is 2.85. The smallest absolute Gasteiger partial charge is 0.260 e. The normalized spacial score (nSPS) is 10.7. The lowest BCUT2D eigenvalue weighted by molar-refractivity contribution is 0.432. The summed E-state index contributed by atoms with van der Waals surface area (Å²) in [6.45, 7) is 0. The number of thiazole rings is 1. The second kappa shape index (κ2) is 4.51. The molecule has 0 saturated heterocycles. The summed E-state index contributed by atoms with van der Waals surface area (Å²) in [4.78, 5) is 8.42. The van der Waals surface area contributed by atoms with Crippen molar-refractivity contribution < 1.29 is 4.52 Å². The second-order valence-corrected chi connectivity index (χ2v) is 5.16. The summed E-state index contributed by atoms with van der Waals surface area (Å²) in [5.74, 6) is 0.849. The molecule has 0 fully saturated rings. The molecule has 7 heteroatoms. The molecule has 2 N–H and O–H groups in total. The third kappa shape index (κ3) is 2.02. The van der Waals surface area contributed by atoms with Gasteiger partial charge in [0, 0.05) is 15.5 Å². The average molecular weight is 323 g/mol. The summed E-state index contributed by atoms with van der Waals surface area (Å²) in [6, 6.07) is 5.48. The zero-order valence-corrected chi connectivity index (χ0v) is 11.4. The van der Waals surface area contributed by atoms with E-state index in [-0.39, 0.29) is 0 Å². The fraction of sp³-hybridized carbons (Fsp3) is 0. The van der Waals surface area contributed by atoms with Gasteiger partial charge in [-0.2, -0.15) is 4.98 Å². The van der Waals surface area contributed by atoms with Crippen LogP contribution in [-0.4, -0.2) is 15.1 Å². The van der Waals surface area contributed by atoms with Crippen LogP contribution in [0.5, 0.6) is 0 Å². The number of aromatic nitrogens is 3. The van der Waals surface area contributed by atoms with Gasteiger partial charge in [0.25, 0.3) is 5.89 Å². The number of halogens is 1. The number of nitrogens with two attached hydrogens (primary N) is 1. The highest BCUT2D eigenvalue weighted by atomic mass is 79.9. The minimum Gasteiger partial charge on any atom is -0.398 e. The van der Waals surface area contributed by atoms with Crippen molar-refractivity contribution in [3.63, 3.8) is 0 Å². The van der Waals surface area contributed by atoms with Crippen LogP contribution in [0.25, 0.3) is 23.0 Å². The highest BCUT2D eigenvalue weighted by Crippen LogP contribution is 2.29. The maximum Gasteiger partial charge on any atom is 0.260 e. The van der Waals surface area contributed by atoms with Crippen LogP contribution in [0.15, 0.2) is 38.1 Å². The van der Waals surface area contributed by atoms with Gasteiger partial charge in [0.1, 0.15) is 5.69 Å². The van der Waals surface area contributed by atoms with Crippen molar-refractivity contribution in [3.8, 4) is 23.0 Å². The summed E-state index contributed by atoms with van der Waals surface area (Å²) < 4.78 is 6.12. The molecular weight excluding hydrogens is 316 g/mol. The maximum absolute atomic E-state index is 5.89. The van der Waals surface area contributed by atoms with Crippen molar-refractivity contribution in [2.24, 2.45) is 0 Å². The molecule has 18 heavy (non-hydrogen) atoms. The monoisotopic (exact) mass is 322 g/mol. The quantitative estimate of drug-likeness (QED) is 0.733. The van der Waals surface area contributed by atoms with E-state index in [0.29, 0.717) is 28.7 Å². The molecule has 0 aliphatic heterocycles. The van der Waals surface area contributed by atoms with E-state index in [2.05, 4.69) is 31.1 Å². The van der Waals surface area contributed by atoms with Gasteiger partial charge in [0.15, 0.2) is 0 Å². The van der Waals surface area contributed by atoms with Gasteiger partial charge in [0.2, 0.25) is 5.82 Å². The molecule has 0 radical (unpaired) electrons. The molecular formula is C11H7BrN4OS. The van der Waals surface area contributed by atoms with E-state index in [4.69, 9.17) is 10.3 Å². The van der Waals surface area contributed by atoms with Gasteiger partial charge in [-0.3, -0.25) is 0 Å². The lowest BCUT2D eigenvalue weighted by Crippen LogP contribution is -1.90. The van der Waals surface area contributed by atoms with Crippen molar-refractivity contribution in [1.29, 1.82) is 0 Å². The van der Waals surface area contributed by atoms with Crippen molar-refractivity contribution in [3.05, 3.63) is 33.6 Å². The van der Waals surface area contributed by atoms with Crippen LogP contribution in [0.3, 0.4) is 0 Å². The van der Waals surface area contributed by atoms with E-state index in [1.54, 1.807) is 11.6 Å². The van der Waals surface area contributed by atoms with Crippen LogP contribution < -0.4 is 5.73 Å². The van der Waals surface area contributed by atoms with Gasteiger partial charge >= 0.3 is 0 Å². The Morgan fingerprint density at radius 2 is 2.22 bits per heavy atom. The Bertz CT molecular complexity index is 680. The van der Waals surface area contributed by atoms with Crippen LogP contribution in [0.1, 0.15) is 0 Å². The molecule has 3 aromatic rings. The van der Waals surface area contributed by atoms with Crippen molar-refractivity contribution >= 4 is 33.0 Å². The Hall–Kier alpha value is -1.73. The first-order valence-corrected chi connectivity index (χ1v) is 6.75. The minimum absolute atomic E-state index is 0.386. The number of nitrogens with zero attached hydrogens (tertiary/aromatic N) is 3. The van der Waals surface area contributed by atoms with Crippen molar-refractivity contribution in [2.45, 2.75) is 0 Å². The number of nitrogen functional groups attached to an aromatic ring is 1. The number of rotatable bonds is 2. The fourth-order valence-corrected chi connectivity index (χ4v) is 2.37. The van der Waals surface area contributed by atoms with Crippen LogP contribution in [0.2, 0.25) is 0 Å². The predicted octanol–water partition coefficient (Wildman–Crippen LogP) is 3.20. The molecule has 0 saturated carbocycles. The van der Waals surface area contributed by atoms with E-state index in [1.807, 2.05) is 17.5 Å². The van der Waals surface area contributed by atoms with Gasteiger partial charge in [-0.15, -0.1) is 11.3 Å².